The summed E-state index contributed by atoms with van der Waals surface area (Å²) in [4.78, 5) is 30.5. The Morgan fingerprint density at radius 3 is 2.68 bits per heavy atom. The highest BCUT2D eigenvalue weighted by molar-refractivity contribution is 5.91. The zero-order valence-electron chi connectivity index (χ0n) is 17.3. The number of fused-ring (bicyclic) bond motifs is 1. The van der Waals surface area contributed by atoms with Crippen LogP contribution in [-0.2, 0) is 14.3 Å². The van der Waals surface area contributed by atoms with Crippen LogP contribution in [0, 0.1) is 0 Å². The van der Waals surface area contributed by atoms with Crippen molar-refractivity contribution in [3.05, 3.63) is 54.9 Å². The van der Waals surface area contributed by atoms with Gasteiger partial charge in [-0.2, -0.15) is 0 Å². The minimum Gasteiger partial charge on any atom is -0.488 e. The first-order chi connectivity index (χ1) is 15.1. The highest BCUT2D eigenvalue weighted by Crippen LogP contribution is 2.25. The van der Waals surface area contributed by atoms with E-state index in [0.717, 1.165) is 16.7 Å². The van der Waals surface area contributed by atoms with Crippen LogP contribution in [0.15, 0.2) is 54.9 Å². The van der Waals surface area contributed by atoms with Crippen molar-refractivity contribution >= 4 is 28.6 Å². The molecular weight excluding hydrogens is 398 g/mol. The van der Waals surface area contributed by atoms with Gasteiger partial charge < -0.3 is 24.9 Å². The number of carbonyl (C=O) groups excluding carboxylic acids is 1. The Bertz CT molecular complexity index is 974. The number of carboxylic acids is 1. The molecule has 2 aromatic carbocycles. The normalized spacial score (nSPS) is 11.9. The van der Waals surface area contributed by atoms with Crippen molar-refractivity contribution in [1.29, 1.82) is 0 Å². The van der Waals surface area contributed by atoms with Crippen LogP contribution in [0.5, 0.6) is 5.75 Å². The average Bonchev–Trinajstić information content (AvgIpc) is 3.23. The molecule has 0 spiro atoms. The summed E-state index contributed by atoms with van der Waals surface area (Å²) >= 11 is 0. The smallest absolute Gasteiger partial charge is 0.303 e. The van der Waals surface area contributed by atoms with E-state index in [9.17, 15) is 9.59 Å². The van der Waals surface area contributed by atoms with Crippen LogP contribution in [0.1, 0.15) is 32.1 Å². The van der Waals surface area contributed by atoms with Crippen LogP contribution < -0.4 is 10.1 Å². The Labute approximate surface area is 180 Å². The van der Waals surface area contributed by atoms with Gasteiger partial charge in [0.05, 0.1) is 18.3 Å². The predicted octanol–water partition coefficient (Wildman–Crippen LogP) is 4.00. The number of carbonyl (C=O) groups is 2. The number of rotatable bonds is 13. The number of nitrogens with zero attached hydrogens (tertiary/aromatic N) is 1. The number of aromatic amines is 1. The molecule has 3 rings (SSSR count). The molecule has 8 heteroatoms. The van der Waals surface area contributed by atoms with E-state index in [0.29, 0.717) is 38.2 Å². The molecule has 1 aromatic heterocycles. The van der Waals surface area contributed by atoms with Gasteiger partial charge in [-0.3, -0.25) is 9.59 Å². The van der Waals surface area contributed by atoms with Gasteiger partial charge in [-0.15, -0.1) is 0 Å². The van der Waals surface area contributed by atoms with E-state index in [4.69, 9.17) is 14.6 Å². The number of hydrogen-bond acceptors (Lipinski definition) is 5. The lowest BCUT2D eigenvalue weighted by Crippen LogP contribution is -2.25. The fraction of sp³-hybridized carbons (Fsp3) is 0.348. The molecule has 0 saturated heterocycles. The minimum absolute atomic E-state index is 0.0963. The quantitative estimate of drug-likeness (QED) is 0.357. The van der Waals surface area contributed by atoms with Crippen molar-refractivity contribution in [3.8, 4) is 5.75 Å². The van der Waals surface area contributed by atoms with Gasteiger partial charge in [0.25, 0.3) is 0 Å². The van der Waals surface area contributed by atoms with Gasteiger partial charge in [0.2, 0.25) is 5.91 Å². The van der Waals surface area contributed by atoms with Crippen molar-refractivity contribution < 1.29 is 24.2 Å². The second-order valence-electron chi connectivity index (χ2n) is 7.16. The molecule has 0 radical (unpaired) electrons. The predicted molar refractivity (Wildman–Crippen MR) is 117 cm³/mol. The first kappa shape index (κ1) is 22.3. The van der Waals surface area contributed by atoms with Crippen LogP contribution in [0.3, 0.4) is 0 Å². The Morgan fingerprint density at radius 2 is 1.87 bits per heavy atom. The highest BCUT2D eigenvalue weighted by Gasteiger charge is 2.18. The number of ether oxygens (including phenoxy) is 2. The fourth-order valence-electron chi connectivity index (χ4n) is 3.20. The van der Waals surface area contributed by atoms with Crippen molar-refractivity contribution in [1.82, 2.24) is 9.97 Å². The summed E-state index contributed by atoms with van der Waals surface area (Å²) in [7, 11) is 0. The van der Waals surface area contributed by atoms with Gasteiger partial charge in [0, 0.05) is 25.3 Å². The molecule has 164 valence electrons. The summed E-state index contributed by atoms with van der Waals surface area (Å²) in [6, 6.07) is 14.9. The number of aliphatic carboxylic acids is 1. The van der Waals surface area contributed by atoms with E-state index in [1.807, 2.05) is 48.5 Å². The monoisotopic (exact) mass is 425 g/mol. The van der Waals surface area contributed by atoms with E-state index in [2.05, 4.69) is 15.3 Å². The molecule has 0 aliphatic rings. The molecular formula is C23H27N3O5. The molecule has 3 N–H and O–H groups in total. The Balaban J connectivity index is 1.56. The molecule has 0 fully saturated rings. The maximum Gasteiger partial charge on any atom is 0.303 e. The number of carboxylic acid groups (broad SMARTS) is 1. The van der Waals surface area contributed by atoms with E-state index in [-0.39, 0.29) is 24.9 Å². The minimum atomic E-state index is -0.825. The van der Waals surface area contributed by atoms with Crippen molar-refractivity contribution in [2.45, 2.75) is 38.2 Å². The summed E-state index contributed by atoms with van der Waals surface area (Å²) in [5, 5.41) is 11.6. The number of imidazole rings is 1. The Morgan fingerprint density at radius 1 is 1.06 bits per heavy atom. The number of benzene rings is 2. The number of aromatic nitrogens is 2. The molecule has 0 aliphatic carbocycles. The number of anilines is 1. The van der Waals surface area contributed by atoms with Gasteiger partial charge in [-0.05, 0) is 43.5 Å². The van der Waals surface area contributed by atoms with Crippen molar-refractivity contribution in [3.63, 3.8) is 0 Å². The molecule has 0 aliphatic heterocycles. The number of nitrogens with one attached hydrogen (secondary N) is 2. The van der Waals surface area contributed by atoms with Gasteiger partial charge in [-0.1, -0.05) is 24.3 Å². The molecule has 31 heavy (non-hydrogen) atoms. The number of para-hydroxylation sites is 2. The van der Waals surface area contributed by atoms with Gasteiger partial charge in [0.1, 0.15) is 17.4 Å². The van der Waals surface area contributed by atoms with Crippen LogP contribution in [0.4, 0.5) is 5.69 Å². The Kier molecular flexibility index (Phi) is 8.42. The zero-order valence-corrected chi connectivity index (χ0v) is 17.3. The molecule has 8 nitrogen and oxygen atoms in total. The summed E-state index contributed by atoms with van der Waals surface area (Å²) in [5.41, 5.74) is 2.33. The van der Waals surface area contributed by atoms with Crippen molar-refractivity contribution in [2.24, 2.45) is 0 Å². The van der Waals surface area contributed by atoms with Crippen LogP contribution in [0.2, 0.25) is 0 Å². The standard InChI is InChI=1S/C23H27N3O5/c27-21(26-17-7-2-1-3-8-17)15-18(9-5-13-30-14-6-12-22(28)29)31-20-11-4-10-19-23(20)25-16-24-19/h1-4,7-8,10-11,16,18H,5-6,9,12-15H2,(H,24,25)(H,26,27)(H,28,29). The second kappa shape index (κ2) is 11.7. The highest BCUT2D eigenvalue weighted by atomic mass is 16.5. The maximum atomic E-state index is 12.6. The lowest BCUT2D eigenvalue weighted by molar-refractivity contribution is -0.137. The Hall–Kier alpha value is -3.39. The fourth-order valence-corrected chi connectivity index (χ4v) is 3.20. The molecule has 1 heterocycles. The lowest BCUT2D eigenvalue weighted by Gasteiger charge is -2.19. The third kappa shape index (κ3) is 7.42. The first-order valence-corrected chi connectivity index (χ1v) is 10.3. The average molecular weight is 425 g/mol. The largest absolute Gasteiger partial charge is 0.488 e. The summed E-state index contributed by atoms with van der Waals surface area (Å²) in [6.07, 6.45) is 3.33. The zero-order chi connectivity index (χ0) is 21.9. The second-order valence-corrected chi connectivity index (χ2v) is 7.16. The van der Waals surface area contributed by atoms with E-state index < -0.39 is 5.97 Å². The molecule has 1 unspecified atom stereocenters. The molecule has 1 amide bonds. The maximum absolute atomic E-state index is 12.6. The topological polar surface area (TPSA) is 114 Å². The summed E-state index contributed by atoms with van der Waals surface area (Å²) in [6.45, 7) is 0.880. The lowest BCUT2D eigenvalue weighted by atomic mass is 10.1. The number of hydrogen-bond donors (Lipinski definition) is 3. The summed E-state index contributed by atoms with van der Waals surface area (Å²) in [5.74, 6) is -0.333. The van der Waals surface area contributed by atoms with Crippen molar-refractivity contribution in [2.75, 3.05) is 18.5 Å². The third-order valence-electron chi connectivity index (χ3n) is 4.67. The van der Waals surface area contributed by atoms with E-state index >= 15 is 0 Å². The van der Waals surface area contributed by atoms with Gasteiger partial charge in [-0.25, -0.2) is 4.98 Å². The molecule has 0 bridgehead atoms. The SMILES string of the molecule is O=C(O)CCCOCCCC(CC(=O)Nc1ccccc1)Oc1cccc2[nH]cnc12. The van der Waals surface area contributed by atoms with Gasteiger partial charge >= 0.3 is 5.97 Å². The third-order valence-corrected chi connectivity index (χ3v) is 4.67. The van der Waals surface area contributed by atoms with Crippen LogP contribution in [0.25, 0.3) is 11.0 Å². The van der Waals surface area contributed by atoms with Crippen LogP contribution in [-0.4, -0.2) is 46.3 Å². The molecule has 0 saturated carbocycles. The number of H-pyrrole nitrogens is 1. The van der Waals surface area contributed by atoms with Gasteiger partial charge in [0.15, 0.2) is 0 Å². The molecule has 3 aromatic rings. The van der Waals surface area contributed by atoms with Crippen LogP contribution >= 0.6 is 0 Å². The van der Waals surface area contributed by atoms with E-state index in [1.54, 1.807) is 6.33 Å². The van der Waals surface area contributed by atoms with E-state index in [1.165, 1.54) is 0 Å². The summed E-state index contributed by atoms with van der Waals surface area (Å²) < 4.78 is 11.7. The first-order valence-electron chi connectivity index (χ1n) is 10.3. The number of amides is 1. The molecule has 1 atom stereocenters.